The Bertz CT molecular complexity index is 2650. The molecule has 49 heavy (non-hydrogen) atoms. The molecule has 0 aromatic heterocycles. The predicted molar refractivity (Wildman–Crippen MR) is 207 cm³/mol. The minimum atomic E-state index is -0.438. The van der Waals surface area contributed by atoms with Gasteiger partial charge < -0.3 is 0 Å². The van der Waals surface area contributed by atoms with Crippen LogP contribution in [0, 0.1) is 0 Å². The molecule has 0 fully saturated rings. The zero-order valence-electron chi connectivity index (χ0n) is 27.0. The van der Waals surface area contributed by atoms with Gasteiger partial charge >= 0.3 is 0 Å². The molecule has 9 aromatic carbocycles. The van der Waals surface area contributed by atoms with E-state index in [1.54, 1.807) is 0 Å². The summed E-state index contributed by atoms with van der Waals surface area (Å²) in [6.07, 6.45) is 0. The van der Waals surface area contributed by atoms with Gasteiger partial charge in [-0.25, -0.2) is 0 Å². The topological polar surface area (TPSA) is 0 Å². The summed E-state index contributed by atoms with van der Waals surface area (Å²) >= 11 is 0. The van der Waals surface area contributed by atoms with Crippen molar-refractivity contribution in [2.24, 2.45) is 0 Å². The molecule has 1 aliphatic rings. The number of hydrogen-bond acceptors (Lipinski definition) is 0. The maximum atomic E-state index is 2.48. The molecule has 0 N–H and O–H groups in total. The molecule has 1 aliphatic carbocycles. The van der Waals surface area contributed by atoms with Crippen LogP contribution in [0.15, 0.2) is 194 Å². The lowest BCUT2D eigenvalue weighted by molar-refractivity contribution is 0.769. The molecule has 228 valence electrons. The first kappa shape index (κ1) is 27.8. The number of hydrogen-bond donors (Lipinski definition) is 0. The Labute approximate surface area is 286 Å². The summed E-state index contributed by atoms with van der Waals surface area (Å²) in [5.74, 6) is 0. The summed E-state index contributed by atoms with van der Waals surface area (Å²) in [6, 6.07) is 71.8. The molecule has 0 spiro atoms. The van der Waals surface area contributed by atoms with Crippen molar-refractivity contribution in [3.05, 3.63) is 216 Å². The average molecular weight is 621 g/mol. The van der Waals surface area contributed by atoms with Crippen LogP contribution in [0.4, 0.5) is 0 Å². The Morgan fingerprint density at radius 3 is 1.45 bits per heavy atom. The fraction of sp³-hybridized carbons (Fsp3) is 0.0204. The maximum Gasteiger partial charge on any atom is 0.0713 e. The van der Waals surface area contributed by atoms with Crippen LogP contribution in [0.2, 0.25) is 0 Å². The summed E-state index contributed by atoms with van der Waals surface area (Å²) in [6.45, 7) is 0. The molecule has 0 bridgehead atoms. The normalized spacial score (nSPS) is 13.1. The Morgan fingerprint density at radius 2 is 0.776 bits per heavy atom. The van der Waals surface area contributed by atoms with Crippen molar-refractivity contribution in [2.75, 3.05) is 0 Å². The standard InChI is InChI=1S/C49H32/c1-4-16-33(17-5-1)44-30-35(31-45-40-24-11-10-22-38(40)39-23-12-13-26-43(39)48(44)45)34-28-29-42-41-25-14-15-27-46(41)49(47(42)32-34,36-18-6-2-7-19-36)37-20-8-3-9-21-37/h1-32H. The van der Waals surface area contributed by atoms with Crippen molar-refractivity contribution in [2.45, 2.75) is 5.41 Å². The second kappa shape index (κ2) is 10.9. The highest BCUT2D eigenvalue weighted by molar-refractivity contribution is 6.29. The van der Waals surface area contributed by atoms with Crippen molar-refractivity contribution in [1.29, 1.82) is 0 Å². The highest BCUT2D eigenvalue weighted by atomic mass is 14.5. The average Bonchev–Trinajstić information content (AvgIpc) is 3.49. The molecule has 0 saturated heterocycles. The van der Waals surface area contributed by atoms with Gasteiger partial charge in [-0.05, 0) is 106 Å². The molecule has 0 atom stereocenters. The first-order valence-electron chi connectivity index (χ1n) is 17.1. The van der Waals surface area contributed by atoms with Crippen LogP contribution in [0.1, 0.15) is 22.3 Å². The van der Waals surface area contributed by atoms with Gasteiger partial charge in [0.2, 0.25) is 0 Å². The molecule has 0 amide bonds. The van der Waals surface area contributed by atoms with Gasteiger partial charge in [0, 0.05) is 0 Å². The quantitative estimate of drug-likeness (QED) is 0.172. The van der Waals surface area contributed by atoms with Gasteiger partial charge in [0.05, 0.1) is 5.41 Å². The third kappa shape index (κ3) is 4.04. The third-order valence-electron chi connectivity index (χ3n) is 10.7. The summed E-state index contributed by atoms with van der Waals surface area (Å²) in [5.41, 5.74) is 12.3. The van der Waals surface area contributed by atoms with E-state index in [-0.39, 0.29) is 0 Å². The summed E-state index contributed by atoms with van der Waals surface area (Å²) in [7, 11) is 0. The highest BCUT2D eigenvalue weighted by Gasteiger charge is 2.46. The van der Waals surface area contributed by atoms with Crippen molar-refractivity contribution in [1.82, 2.24) is 0 Å². The Kier molecular flexibility index (Phi) is 6.19. The zero-order chi connectivity index (χ0) is 32.4. The first-order chi connectivity index (χ1) is 24.3. The lowest BCUT2D eigenvalue weighted by atomic mass is 9.67. The Hall–Kier alpha value is -6.24. The van der Waals surface area contributed by atoms with E-state index in [4.69, 9.17) is 0 Å². The molecule has 0 nitrogen and oxygen atoms in total. The van der Waals surface area contributed by atoms with E-state index in [0.29, 0.717) is 0 Å². The molecule has 0 saturated carbocycles. The lowest BCUT2D eigenvalue weighted by Crippen LogP contribution is -2.28. The van der Waals surface area contributed by atoms with Gasteiger partial charge in [-0.3, -0.25) is 0 Å². The van der Waals surface area contributed by atoms with Crippen LogP contribution in [-0.4, -0.2) is 0 Å². The van der Waals surface area contributed by atoms with Crippen LogP contribution in [0.3, 0.4) is 0 Å². The van der Waals surface area contributed by atoms with Crippen LogP contribution in [0.5, 0.6) is 0 Å². The Morgan fingerprint density at radius 1 is 0.265 bits per heavy atom. The van der Waals surface area contributed by atoms with Crippen LogP contribution < -0.4 is 0 Å². The first-order valence-corrected chi connectivity index (χ1v) is 17.1. The molecule has 9 aromatic rings. The van der Waals surface area contributed by atoms with Crippen LogP contribution >= 0.6 is 0 Å². The largest absolute Gasteiger partial charge is 0.0713 e. The third-order valence-corrected chi connectivity index (χ3v) is 10.7. The van der Waals surface area contributed by atoms with Crippen molar-refractivity contribution in [3.8, 4) is 33.4 Å². The fourth-order valence-electron chi connectivity index (χ4n) is 8.67. The number of benzene rings is 9. The maximum absolute atomic E-state index is 2.48. The minimum absolute atomic E-state index is 0.438. The second-order valence-electron chi connectivity index (χ2n) is 13.2. The summed E-state index contributed by atoms with van der Waals surface area (Å²) in [4.78, 5) is 0. The zero-order valence-corrected chi connectivity index (χ0v) is 27.0. The van der Waals surface area contributed by atoms with E-state index < -0.39 is 5.41 Å². The van der Waals surface area contributed by atoms with Crippen molar-refractivity contribution in [3.63, 3.8) is 0 Å². The van der Waals surface area contributed by atoms with Gasteiger partial charge in [-0.15, -0.1) is 0 Å². The molecule has 0 unspecified atom stereocenters. The van der Waals surface area contributed by atoms with Gasteiger partial charge in [-0.1, -0.05) is 176 Å². The molecular formula is C49H32. The predicted octanol–water partition coefficient (Wildman–Crippen LogP) is 12.8. The van der Waals surface area contributed by atoms with E-state index in [0.717, 1.165) is 0 Å². The van der Waals surface area contributed by atoms with Gasteiger partial charge in [0.15, 0.2) is 0 Å². The van der Waals surface area contributed by atoms with E-state index in [1.807, 2.05) is 0 Å². The van der Waals surface area contributed by atoms with Gasteiger partial charge in [-0.2, -0.15) is 0 Å². The van der Waals surface area contributed by atoms with Crippen molar-refractivity contribution < 1.29 is 0 Å². The molecular weight excluding hydrogens is 589 g/mol. The summed E-state index contributed by atoms with van der Waals surface area (Å²) < 4.78 is 0. The van der Waals surface area contributed by atoms with E-state index >= 15 is 0 Å². The second-order valence-corrected chi connectivity index (χ2v) is 13.2. The molecule has 10 rings (SSSR count). The summed E-state index contributed by atoms with van der Waals surface area (Å²) in [5, 5.41) is 7.75. The van der Waals surface area contributed by atoms with E-state index in [1.165, 1.54) is 88.0 Å². The number of fused-ring (bicyclic) bond motifs is 9. The molecule has 0 heterocycles. The van der Waals surface area contributed by atoms with E-state index in [9.17, 15) is 0 Å². The van der Waals surface area contributed by atoms with E-state index in [2.05, 4.69) is 194 Å². The van der Waals surface area contributed by atoms with Gasteiger partial charge in [0.1, 0.15) is 0 Å². The molecule has 0 radical (unpaired) electrons. The van der Waals surface area contributed by atoms with Crippen molar-refractivity contribution >= 4 is 32.3 Å². The minimum Gasteiger partial charge on any atom is -0.0622 e. The molecule has 0 heteroatoms. The van der Waals surface area contributed by atoms with Gasteiger partial charge in [0.25, 0.3) is 0 Å². The van der Waals surface area contributed by atoms with Crippen LogP contribution in [0.25, 0.3) is 65.7 Å². The lowest BCUT2D eigenvalue weighted by Gasteiger charge is -2.34. The monoisotopic (exact) mass is 620 g/mol. The molecule has 0 aliphatic heterocycles. The number of rotatable bonds is 4. The fourth-order valence-corrected chi connectivity index (χ4v) is 8.67. The van der Waals surface area contributed by atoms with Crippen LogP contribution in [-0.2, 0) is 5.41 Å². The SMILES string of the molecule is c1ccc(-c2cc(-c3ccc4c(c3)C(c3ccccc3)(c3ccccc3)c3ccccc3-4)cc3c4ccccc4c4ccccc4c23)cc1. The Balaban J connectivity index is 1.32. The smallest absolute Gasteiger partial charge is 0.0622 e. The highest BCUT2D eigenvalue weighted by Crippen LogP contribution is 2.57.